The van der Waals surface area contributed by atoms with Gasteiger partial charge in [0.2, 0.25) is 5.91 Å². The lowest BCUT2D eigenvalue weighted by Gasteiger charge is -2.21. The molecule has 0 aliphatic carbocycles. The second-order valence-corrected chi connectivity index (χ2v) is 5.12. The van der Waals surface area contributed by atoms with Crippen LogP contribution in [0.1, 0.15) is 31.9 Å². The fourth-order valence-electron chi connectivity index (χ4n) is 1.91. The Morgan fingerprint density at radius 1 is 1.15 bits per heavy atom. The van der Waals surface area contributed by atoms with Crippen LogP contribution in [0.4, 0.5) is 0 Å². The monoisotopic (exact) mass is 278 g/mol. The van der Waals surface area contributed by atoms with Crippen LogP contribution in [0, 0.1) is 5.92 Å². The first kappa shape index (κ1) is 16.2. The number of aliphatic hydroxyl groups excluding tert-OH is 1. The summed E-state index contributed by atoms with van der Waals surface area (Å²) in [5, 5.41) is 15.1. The molecule has 1 aromatic carbocycles. The van der Waals surface area contributed by atoms with E-state index in [-0.39, 0.29) is 11.8 Å². The van der Waals surface area contributed by atoms with Crippen molar-refractivity contribution in [1.29, 1.82) is 0 Å². The van der Waals surface area contributed by atoms with E-state index in [0.717, 1.165) is 0 Å². The van der Waals surface area contributed by atoms with E-state index < -0.39 is 18.1 Å². The van der Waals surface area contributed by atoms with Crippen molar-refractivity contribution in [2.24, 2.45) is 5.92 Å². The van der Waals surface area contributed by atoms with Crippen molar-refractivity contribution in [3.8, 4) is 0 Å². The highest BCUT2D eigenvalue weighted by Gasteiger charge is 2.25. The number of carbonyl (C=O) groups is 2. The van der Waals surface area contributed by atoms with Crippen LogP contribution in [-0.4, -0.2) is 30.0 Å². The molecule has 0 fully saturated rings. The molecule has 2 atom stereocenters. The summed E-state index contributed by atoms with van der Waals surface area (Å²) in [6, 6.07) is 8.00. The van der Waals surface area contributed by atoms with Gasteiger partial charge in [-0.05, 0) is 17.9 Å². The van der Waals surface area contributed by atoms with Crippen molar-refractivity contribution in [1.82, 2.24) is 10.6 Å². The van der Waals surface area contributed by atoms with E-state index in [1.165, 1.54) is 7.05 Å². The molecule has 0 saturated carbocycles. The maximum atomic E-state index is 12.0. The van der Waals surface area contributed by atoms with Gasteiger partial charge in [-0.2, -0.15) is 0 Å². The van der Waals surface area contributed by atoms with Crippen molar-refractivity contribution < 1.29 is 14.7 Å². The van der Waals surface area contributed by atoms with Crippen LogP contribution < -0.4 is 10.6 Å². The number of amides is 2. The molecule has 0 saturated heterocycles. The molecule has 1 aromatic rings. The smallest absolute Gasteiger partial charge is 0.254 e. The molecule has 0 aliphatic heterocycles. The number of hydrogen-bond donors (Lipinski definition) is 3. The van der Waals surface area contributed by atoms with E-state index in [1.54, 1.807) is 30.3 Å². The van der Waals surface area contributed by atoms with Crippen LogP contribution in [0.5, 0.6) is 0 Å². The zero-order valence-electron chi connectivity index (χ0n) is 12.1. The van der Waals surface area contributed by atoms with Crippen LogP contribution >= 0.6 is 0 Å². The Bertz CT molecular complexity index is 446. The Balaban J connectivity index is 2.72. The summed E-state index contributed by atoms with van der Waals surface area (Å²) in [5.41, 5.74) is 0.505. The van der Waals surface area contributed by atoms with Crippen LogP contribution in [-0.2, 0) is 9.59 Å². The molecule has 110 valence electrons. The van der Waals surface area contributed by atoms with E-state index in [1.807, 2.05) is 13.8 Å². The van der Waals surface area contributed by atoms with Gasteiger partial charge in [-0.1, -0.05) is 44.2 Å². The molecule has 0 aromatic heterocycles. The van der Waals surface area contributed by atoms with Gasteiger partial charge >= 0.3 is 0 Å². The lowest BCUT2D eigenvalue weighted by atomic mass is 10.0. The summed E-state index contributed by atoms with van der Waals surface area (Å²) in [4.78, 5) is 23.7. The van der Waals surface area contributed by atoms with E-state index in [9.17, 15) is 14.7 Å². The summed E-state index contributed by atoms with van der Waals surface area (Å²) in [5.74, 6) is -0.566. The molecule has 20 heavy (non-hydrogen) atoms. The second-order valence-electron chi connectivity index (χ2n) is 5.12. The van der Waals surface area contributed by atoms with Crippen LogP contribution in [0.15, 0.2) is 30.3 Å². The lowest BCUT2D eigenvalue weighted by molar-refractivity contribution is -0.134. The lowest BCUT2D eigenvalue weighted by Crippen LogP contribution is -2.47. The van der Waals surface area contributed by atoms with Crippen LogP contribution in [0.25, 0.3) is 0 Å². The third-order valence-electron chi connectivity index (χ3n) is 2.95. The Morgan fingerprint density at radius 3 is 2.25 bits per heavy atom. The molecular formula is C15H22N2O3. The summed E-state index contributed by atoms with van der Waals surface area (Å²) in [7, 11) is 1.52. The van der Waals surface area contributed by atoms with Crippen molar-refractivity contribution in [2.75, 3.05) is 7.05 Å². The van der Waals surface area contributed by atoms with E-state index in [0.29, 0.717) is 12.0 Å². The van der Waals surface area contributed by atoms with E-state index in [2.05, 4.69) is 10.6 Å². The minimum atomic E-state index is -1.27. The van der Waals surface area contributed by atoms with Gasteiger partial charge < -0.3 is 15.7 Å². The topological polar surface area (TPSA) is 78.4 Å². The molecule has 5 nitrogen and oxygen atoms in total. The maximum absolute atomic E-state index is 12.0. The molecule has 2 amide bonds. The summed E-state index contributed by atoms with van der Waals surface area (Å²) >= 11 is 0. The highest BCUT2D eigenvalue weighted by Crippen LogP contribution is 2.13. The van der Waals surface area contributed by atoms with Crippen LogP contribution in [0.3, 0.4) is 0 Å². The minimum Gasteiger partial charge on any atom is -0.378 e. The predicted molar refractivity (Wildman–Crippen MR) is 76.9 cm³/mol. The highest BCUT2D eigenvalue weighted by atomic mass is 16.3. The van der Waals surface area contributed by atoms with E-state index >= 15 is 0 Å². The minimum absolute atomic E-state index is 0.256. The molecule has 0 heterocycles. The molecule has 0 aliphatic rings. The molecule has 2 unspecified atom stereocenters. The average Bonchev–Trinajstić information content (AvgIpc) is 2.45. The Labute approximate surface area is 119 Å². The first-order valence-electron chi connectivity index (χ1n) is 6.70. The predicted octanol–water partition coefficient (Wildman–Crippen LogP) is 0.997. The fourth-order valence-corrected chi connectivity index (χ4v) is 1.91. The third-order valence-corrected chi connectivity index (χ3v) is 2.95. The van der Waals surface area contributed by atoms with Gasteiger partial charge in [0, 0.05) is 7.05 Å². The SMILES string of the molecule is CNC(=O)C(CC(C)C)NC(=O)C(O)c1ccccc1. The molecule has 0 bridgehead atoms. The Hall–Kier alpha value is -1.88. The van der Waals surface area contributed by atoms with Crippen molar-refractivity contribution >= 4 is 11.8 Å². The highest BCUT2D eigenvalue weighted by molar-refractivity contribution is 5.89. The Morgan fingerprint density at radius 2 is 1.75 bits per heavy atom. The van der Waals surface area contributed by atoms with Gasteiger partial charge in [-0.15, -0.1) is 0 Å². The molecular weight excluding hydrogens is 256 g/mol. The van der Waals surface area contributed by atoms with Crippen molar-refractivity contribution in [2.45, 2.75) is 32.4 Å². The normalized spacial score (nSPS) is 13.7. The first-order valence-corrected chi connectivity index (χ1v) is 6.70. The van der Waals surface area contributed by atoms with Gasteiger partial charge in [0.15, 0.2) is 6.10 Å². The zero-order chi connectivity index (χ0) is 15.1. The molecule has 3 N–H and O–H groups in total. The summed E-state index contributed by atoms with van der Waals surface area (Å²) < 4.78 is 0. The summed E-state index contributed by atoms with van der Waals surface area (Å²) in [6.07, 6.45) is -0.747. The molecule has 5 heteroatoms. The van der Waals surface area contributed by atoms with Crippen LogP contribution in [0.2, 0.25) is 0 Å². The van der Waals surface area contributed by atoms with Gasteiger partial charge in [-0.3, -0.25) is 9.59 Å². The molecule has 0 spiro atoms. The van der Waals surface area contributed by atoms with E-state index in [4.69, 9.17) is 0 Å². The number of benzene rings is 1. The zero-order valence-corrected chi connectivity index (χ0v) is 12.1. The second kappa shape index (κ2) is 7.65. The van der Waals surface area contributed by atoms with Gasteiger partial charge in [0.1, 0.15) is 6.04 Å². The Kier molecular flexibility index (Phi) is 6.18. The average molecular weight is 278 g/mol. The standard InChI is InChI=1S/C15H22N2O3/c1-10(2)9-12(14(19)16-3)17-15(20)13(18)11-7-5-4-6-8-11/h4-8,10,12-13,18H,9H2,1-3H3,(H,16,19)(H,17,20). The first-order chi connectivity index (χ1) is 9.45. The largest absolute Gasteiger partial charge is 0.378 e. The summed E-state index contributed by atoms with van der Waals surface area (Å²) in [6.45, 7) is 3.94. The molecule has 1 rings (SSSR count). The third kappa shape index (κ3) is 4.66. The number of likely N-dealkylation sites (N-methyl/N-ethyl adjacent to an activating group) is 1. The van der Waals surface area contributed by atoms with Crippen molar-refractivity contribution in [3.05, 3.63) is 35.9 Å². The van der Waals surface area contributed by atoms with Gasteiger partial charge in [0.05, 0.1) is 0 Å². The van der Waals surface area contributed by atoms with Gasteiger partial charge in [-0.25, -0.2) is 0 Å². The fraction of sp³-hybridized carbons (Fsp3) is 0.467. The number of carbonyl (C=O) groups excluding carboxylic acids is 2. The maximum Gasteiger partial charge on any atom is 0.254 e. The number of hydrogen-bond acceptors (Lipinski definition) is 3. The quantitative estimate of drug-likeness (QED) is 0.726. The van der Waals surface area contributed by atoms with Gasteiger partial charge in [0.25, 0.3) is 5.91 Å². The van der Waals surface area contributed by atoms with Crippen molar-refractivity contribution in [3.63, 3.8) is 0 Å². The number of rotatable bonds is 6. The number of nitrogens with one attached hydrogen (secondary N) is 2. The molecule has 0 radical (unpaired) electrons. The number of aliphatic hydroxyl groups is 1.